The number of cyclic esters (lactones) is 1. The first-order valence-corrected chi connectivity index (χ1v) is 11.1. The lowest BCUT2D eigenvalue weighted by Gasteiger charge is -2.07. The Morgan fingerprint density at radius 2 is 1.50 bits per heavy atom. The van der Waals surface area contributed by atoms with E-state index in [1.807, 2.05) is 78.9 Å². The van der Waals surface area contributed by atoms with Gasteiger partial charge >= 0.3 is 5.97 Å². The van der Waals surface area contributed by atoms with Gasteiger partial charge in [0.1, 0.15) is 12.4 Å². The molecule has 166 valence electrons. The van der Waals surface area contributed by atoms with Crippen molar-refractivity contribution in [2.75, 3.05) is 0 Å². The van der Waals surface area contributed by atoms with Gasteiger partial charge in [-0.05, 0) is 59.5 Å². The van der Waals surface area contributed by atoms with Gasteiger partial charge in [-0.1, -0.05) is 84.4 Å². The second-order valence-electron chi connectivity index (χ2n) is 8.13. The minimum atomic E-state index is -0.457. The normalized spacial score (nSPS) is 14.1. The average Bonchev–Trinajstić information content (AvgIpc) is 3.24. The fourth-order valence-corrected chi connectivity index (χ4v) is 3.76. The number of esters is 1. The molecule has 0 saturated heterocycles. The molecule has 0 aromatic heterocycles. The lowest BCUT2D eigenvalue weighted by molar-refractivity contribution is -0.129. The van der Waals surface area contributed by atoms with Crippen LogP contribution in [0.5, 0.6) is 5.75 Å². The van der Waals surface area contributed by atoms with E-state index >= 15 is 0 Å². The molecule has 0 unspecified atom stereocenters. The Bertz CT molecular complexity index is 1370. The van der Waals surface area contributed by atoms with Gasteiger partial charge in [0.25, 0.3) is 0 Å². The van der Waals surface area contributed by atoms with E-state index in [9.17, 15) is 4.79 Å². The number of carbonyl (C=O) groups is 1. The number of carbonyl (C=O) groups excluding carboxylic acids is 1. The fraction of sp³-hybridized carbons (Fsp3) is 0.0667. The van der Waals surface area contributed by atoms with Crippen LogP contribution in [0, 0.1) is 6.92 Å². The summed E-state index contributed by atoms with van der Waals surface area (Å²) in [5.41, 5.74) is 6.43. The Morgan fingerprint density at radius 3 is 2.24 bits per heavy atom. The van der Waals surface area contributed by atoms with Crippen molar-refractivity contribution in [2.24, 2.45) is 4.99 Å². The van der Waals surface area contributed by atoms with Crippen LogP contribution in [0.3, 0.4) is 0 Å². The molecule has 4 nitrogen and oxygen atoms in total. The number of aryl methyl sites for hydroxylation is 1. The van der Waals surface area contributed by atoms with Gasteiger partial charge in [-0.2, -0.15) is 0 Å². The summed E-state index contributed by atoms with van der Waals surface area (Å²) in [5.74, 6) is 0.622. The van der Waals surface area contributed by atoms with Crippen LogP contribution in [0.15, 0.2) is 114 Å². The minimum absolute atomic E-state index is 0.274. The van der Waals surface area contributed by atoms with Crippen LogP contribution in [0.4, 0.5) is 0 Å². The van der Waals surface area contributed by atoms with Crippen LogP contribution in [0.1, 0.15) is 22.3 Å². The molecule has 0 radical (unpaired) electrons. The van der Waals surface area contributed by atoms with Gasteiger partial charge in [-0.25, -0.2) is 9.79 Å². The maximum Gasteiger partial charge on any atom is 0.363 e. The second kappa shape index (κ2) is 9.59. The first-order chi connectivity index (χ1) is 16.6. The van der Waals surface area contributed by atoms with Crippen LogP contribution in [-0.2, 0) is 16.1 Å². The maximum atomic E-state index is 12.4. The summed E-state index contributed by atoms with van der Waals surface area (Å²) < 4.78 is 11.3. The van der Waals surface area contributed by atoms with Crippen molar-refractivity contribution in [3.8, 4) is 16.9 Å². The third kappa shape index (κ3) is 4.97. The molecule has 4 aromatic carbocycles. The van der Waals surface area contributed by atoms with Crippen molar-refractivity contribution in [1.82, 2.24) is 0 Å². The molecule has 0 spiro atoms. The number of rotatable bonds is 6. The summed E-state index contributed by atoms with van der Waals surface area (Å²) in [6.45, 7) is 2.57. The second-order valence-corrected chi connectivity index (χ2v) is 8.13. The summed E-state index contributed by atoms with van der Waals surface area (Å²) in [5, 5.41) is 0. The van der Waals surface area contributed by atoms with E-state index < -0.39 is 5.97 Å². The number of nitrogens with zero attached hydrogens (tertiary/aromatic N) is 1. The summed E-state index contributed by atoms with van der Waals surface area (Å²) in [6.07, 6.45) is 1.72. The fourth-order valence-electron chi connectivity index (χ4n) is 3.76. The molecule has 0 N–H and O–H groups in total. The molecule has 5 rings (SSSR count). The van der Waals surface area contributed by atoms with Gasteiger partial charge in [-0.15, -0.1) is 0 Å². The zero-order valence-corrected chi connectivity index (χ0v) is 18.8. The van der Waals surface area contributed by atoms with Crippen molar-refractivity contribution in [1.29, 1.82) is 0 Å². The van der Waals surface area contributed by atoms with Crippen LogP contribution in [-0.4, -0.2) is 11.9 Å². The Hall–Kier alpha value is -4.44. The molecule has 0 atom stereocenters. The number of hydrogen-bond donors (Lipinski definition) is 0. The maximum absolute atomic E-state index is 12.4. The average molecular weight is 446 g/mol. The molecule has 0 bridgehead atoms. The summed E-state index contributed by atoms with van der Waals surface area (Å²) in [7, 11) is 0. The minimum Gasteiger partial charge on any atom is -0.489 e. The van der Waals surface area contributed by atoms with Crippen molar-refractivity contribution >= 4 is 17.9 Å². The predicted octanol–water partition coefficient (Wildman–Crippen LogP) is 6.59. The zero-order chi connectivity index (χ0) is 23.3. The van der Waals surface area contributed by atoms with Crippen molar-refractivity contribution < 1.29 is 14.3 Å². The molecule has 0 fully saturated rings. The highest BCUT2D eigenvalue weighted by atomic mass is 16.6. The van der Waals surface area contributed by atoms with Gasteiger partial charge in [0.05, 0.1) is 0 Å². The third-order valence-corrected chi connectivity index (χ3v) is 5.53. The summed E-state index contributed by atoms with van der Waals surface area (Å²) in [4.78, 5) is 16.8. The predicted molar refractivity (Wildman–Crippen MR) is 134 cm³/mol. The largest absolute Gasteiger partial charge is 0.489 e. The Labute approximate surface area is 198 Å². The standard InChI is InChI=1S/C30H23NO3/c1-21-6-5-7-23(18-21)20-33-27-16-10-22(11-17-27)19-28-30(32)34-29(31-28)26-14-12-25(13-15-26)24-8-3-2-4-9-24/h2-19H,20H2,1H3/b28-19-. The van der Waals surface area contributed by atoms with Gasteiger partial charge in [0.2, 0.25) is 5.90 Å². The molecule has 1 aliphatic heterocycles. The van der Waals surface area contributed by atoms with Gasteiger partial charge < -0.3 is 9.47 Å². The summed E-state index contributed by atoms with van der Waals surface area (Å²) in [6, 6.07) is 33.7. The number of benzene rings is 4. The Kier molecular flexibility index (Phi) is 6.04. The monoisotopic (exact) mass is 445 g/mol. The zero-order valence-electron chi connectivity index (χ0n) is 18.8. The Balaban J connectivity index is 1.27. The van der Waals surface area contributed by atoms with Crippen molar-refractivity contribution in [3.05, 3.63) is 131 Å². The van der Waals surface area contributed by atoms with Gasteiger partial charge in [0, 0.05) is 5.56 Å². The molecule has 1 aliphatic rings. The summed E-state index contributed by atoms with van der Waals surface area (Å²) >= 11 is 0. The van der Waals surface area contributed by atoms with E-state index in [0.717, 1.165) is 33.6 Å². The molecule has 4 heteroatoms. The lowest BCUT2D eigenvalue weighted by atomic mass is 10.0. The van der Waals surface area contributed by atoms with Crippen LogP contribution in [0.2, 0.25) is 0 Å². The molecular formula is C30H23NO3. The number of ether oxygens (including phenoxy) is 2. The highest BCUT2D eigenvalue weighted by molar-refractivity contribution is 6.13. The van der Waals surface area contributed by atoms with E-state index in [1.54, 1.807) is 6.08 Å². The van der Waals surface area contributed by atoms with E-state index in [4.69, 9.17) is 9.47 Å². The Morgan fingerprint density at radius 1 is 0.794 bits per heavy atom. The highest BCUT2D eigenvalue weighted by Gasteiger charge is 2.24. The molecule has 4 aromatic rings. The van der Waals surface area contributed by atoms with Crippen LogP contribution >= 0.6 is 0 Å². The van der Waals surface area contributed by atoms with Crippen LogP contribution < -0.4 is 4.74 Å². The van der Waals surface area contributed by atoms with E-state index in [-0.39, 0.29) is 5.70 Å². The molecule has 34 heavy (non-hydrogen) atoms. The lowest BCUT2D eigenvalue weighted by Crippen LogP contribution is -2.05. The first kappa shape index (κ1) is 21.4. The van der Waals surface area contributed by atoms with Gasteiger partial charge in [0.15, 0.2) is 5.70 Å². The SMILES string of the molecule is Cc1cccc(COc2ccc(/C=C3\N=C(c4ccc(-c5ccccc5)cc4)OC3=O)cc2)c1. The van der Waals surface area contributed by atoms with Crippen molar-refractivity contribution in [2.45, 2.75) is 13.5 Å². The number of aliphatic imine (C=N–C) groups is 1. The van der Waals surface area contributed by atoms with E-state index in [0.29, 0.717) is 12.5 Å². The third-order valence-electron chi connectivity index (χ3n) is 5.53. The molecular weight excluding hydrogens is 422 g/mol. The van der Waals surface area contributed by atoms with E-state index in [1.165, 1.54) is 5.56 Å². The van der Waals surface area contributed by atoms with Gasteiger partial charge in [-0.3, -0.25) is 0 Å². The topological polar surface area (TPSA) is 47.9 Å². The van der Waals surface area contributed by atoms with E-state index in [2.05, 4.69) is 36.2 Å². The quantitative estimate of drug-likeness (QED) is 0.249. The smallest absolute Gasteiger partial charge is 0.363 e. The first-order valence-electron chi connectivity index (χ1n) is 11.1. The number of hydrogen-bond acceptors (Lipinski definition) is 4. The molecule has 0 amide bonds. The molecule has 0 saturated carbocycles. The molecule has 1 heterocycles. The van der Waals surface area contributed by atoms with Crippen molar-refractivity contribution in [3.63, 3.8) is 0 Å². The molecule has 0 aliphatic carbocycles. The highest BCUT2D eigenvalue weighted by Crippen LogP contribution is 2.24. The van der Waals surface area contributed by atoms with Crippen LogP contribution in [0.25, 0.3) is 17.2 Å².